The summed E-state index contributed by atoms with van der Waals surface area (Å²) in [4.78, 5) is 15.0. The average Bonchev–Trinajstić information content (AvgIpc) is 2.94. The molecule has 1 fully saturated rings. The fourth-order valence-electron chi connectivity index (χ4n) is 4.25. The minimum absolute atomic E-state index is 0.0416. The van der Waals surface area contributed by atoms with Crippen molar-refractivity contribution in [2.45, 2.75) is 12.8 Å². The number of carbonyl (C=O) groups is 1. The summed E-state index contributed by atoms with van der Waals surface area (Å²) >= 11 is 0. The highest BCUT2D eigenvalue weighted by molar-refractivity contribution is 5.98. The third-order valence-electron chi connectivity index (χ3n) is 5.51. The molecule has 4 nitrogen and oxygen atoms in total. The maximum Gasteiger partial charge on any atom is 0.251 e. The van der Waals surface area contributed by atoms with Crippen molar-refractivity contribution in [3.05, 3.63) is 53.1 Å². The molecule has 0 aliphatic carbocycles. The third kappa shape index (κ3) is 2.81. The number of hydrogen-bond donors (Lipinski definition) is 1. The monoisotopic (exact) mass is 336 g/mol. The molecule has 2 heterocycles. The zero-order chi connectivity index (χ0) is 17.6. The first-order chi connectivity index (χ1) is 12.1. The van der Waals surface area contributed by atoms with E-state index in [-0.39, 0.29) is 5.91 Å². The van der Waals surface area contributed by atoms with E-state index in [1.165, 1.54) is 5.56 Å². The Morgan fingerprint density at radius 1 is 1.12 bits per heavy atom. The standard InChI is InChI=1S/C21H24N2O2/c1-13-4-6-16(20(8-13)25-3)14-5-7-17-18(9-14)21(24)22-10-15-11-23(2)12-19(15)17/h4-9,15,19H,10-12H2,1-3H3,(H,22,24). The summed E-state index contributed by atoms with van der Waals surface area (Å²) in [5, 5.41) is 3.11. The lowest BCUT2D eigenvalue weighted by molar-refractivity contribution is 0.0951. The summed E-state index contributed by atoms with van der Waals surface area (Å²) in [7, 11) is 3.84. The minimum atomic E-state index is 0.0416. The molecule has 130 valence electrons. The molecule has 2 aromatic carbocycles. The molecule has 0 aromatic heterocycles. The van der Waals surface area contributed by atoms with Crippen LogP contribution in [0.5, 0.6) is 5.75 Å². The summed E-state index contributed by atoms with van der Waals surface area (Å²) in [6, 6.07) is 12.5. The Morgan fingerprint density at radius 3 is 2.76 bits per heavy atom. The molecule has 2 atom stereocenters. The molecule has 4 heteroatoms. The van der Waals surface area contributed by atoms with Crippen molar-refractivity contribution in [3.63, 3.8) is 0 Å². The Balaban J connectivity index is 1.81. The van der Waals surface area contributed by atoms with Gasteiger partial charge in [0.2, 0.25) is 0 Å². The molecular weight excluding hydrogens is 312 g/mol. The number of aryl methyl sites for hydroxylation is 1. The molecule has 25 heavy (non-hydrogen) atoms. The van der Waals surface area contributed by atoms with Gasteiger partial charge in [-0.25, -0.2) is 0 Å². The van der Waals surface area contributed by atoms with E-state index < -0.39 is 0 Å². The van der Waals surface area contributed by atoms with Gasteiger partial charge in [0, 0.05) is 36.7 Å². The van der Waals surface area contributed by atoms with Crippen LogP contribution in [0.2, 0.25) is 0 Å². The van der Waals surface area contributed by atoms with E-state index >= 15 is 0 Å². The quantitative estimate of drug-likeness (QED) is 0.916. The molecule has 0 radical (unpaired) electrons. The molecule has 2 aliphatic heterocycles. The van der Waals surface area contributed by atoms with Crippen LogP contribution in [0.4, 0.5) is 0 Å². The molecule has 1 saturated heterocycles. The Bertz CT molecular complexity index is 831. The molecule has 0 saturated carbocycles. The Kier molecular flexibility index (Phi) is 4.00. The van der Waals surface area contributed by atoms with Crippen LogP contribution in [-0.2, 0) is 0 Å². The number of fused-ring (bicyclic) bond motifs is 3. The number of carbonyl (C=O) groups excluding carboxylic acids is 1. The maximum absolute atomic E-state index is 12.7. The van der Waals surface area contributed by atoms with E-state index in [9.17, 15) is 4.79 Å². The zero-order valence-corrected chi connectivity index (χ0v) is 15.0. The SMILES string of the molecule is COc1cc(C)ccc1-c1ccc2c(c1)C(=O)NCC1CN(C)CC21. The number of nitrogens with one attached hydrogen (secondary N) is 1. The normalized spacial score (nSPS) is 22.8. The van der Waals surface area contributed by atoms with Gasteiger partial charge in [-0.2, -0.15) is 0 Å². The summed E-state index contributed by atoms with van der Waals surface area (Å²) in [6.45, 7) is 4.86. The van der Waals surface area contributed by atoms with E-state index in [2.05, 4.69) is 41.5 Å². The summed E-state index contributed by atoms with van der Waals surface area (Å²) < 4.78 is 5.55. The highest BCUT2D eigenvalue weighted by atomic mass is 16.5. The van der Waals surface area contributed by atoms with Crippen LogP contribution in [0.15, 0.2) is 36.4 Å². The highest BCUT2D eigenvalue weighted by Crippen LogP contribution is 2.38. The van der Waals surface area contributed by atoms with Gasteiger partial charge in [-0.1, -0.05) is 24.3 Å². The molecule has 4 rings (SSSR count). The van der Waals surface area contributed by atoms with E-state index in [1.807, 2.05) is 19.1 Å². The topological polar surface area (TPSA) is 41.6 Å². The van der Waals surface area contributed by atoms with E-state index in [4.69, 9.17) is 4.74 Å². The number of amides is 1. The molecule has 0 bridgehead atoms. The van der Waals surface area contributed by atoms with Crippen LogP contribution in [0.25, 0.3) is 11.1 Å². The molecule has 0 spiro atoms. The van der Waals surface area contributed by atoms with Crippen LogP contribution in [0, 0.1) is 12.8 Å². The maximum atomic E-state index is 12.7. The first-order valence-corrected chi connectivity index (χ1v) is 8.82. The number of likely N-dealkylation sites (N-methyl/N-ethyl adjacent to an activating group) is 1. The molecular formula is C21H24N2O2. The van der Waals surface area contributed by atoms with Crippen molar-refractivity contribution >= 4 is 5.91 Å². The van der Waals surface area contributed by atoms with Gasteiger partial charge in [0.1, 0.15) is 5.75 Å². The van der Waals surface area contributed by atoms with Gasteiger partial charge in [0.15, 0.2) is 0 Å². The fourth-order valence-corrected chi connectivity index (χ4v) is 4.25. The van der Waals surface area contributed by atoms with Crippen molar-refractivity contribution in [2.75, 3.05) is 33.8 Å². The summed E-state index contributed by atoms with van der Waals surface area (Å²) in [5.41, 5.74) is 5.19. The molecule has 2 unspecified atom stereocenters. The smallest absolute Gasteiger partial charge is 0.251 e. The van der Waals surface area contributed by atoms with Crippen molar-refractivity contribution < 1.29 is 9.53 Å². The number of nitrogens with zero attached hydrogens (tertiary/aromatic N) is 1. The largest absolute Gasteiger partial charge is 0.496 e. The Morgan fingerprint density at radius 2 is 1.96 bits per heavy atom. The van der Waals surface area contributed by atoms with E-state index in [0.29, 0.717) is 11.8 Å². The second-order valence-electron chi connectivity index (χ2n) is 7.30. The predicted molar refractivity (Wildman–Crippen MR) is 99.2 cm³/mol. The van der Waals surface area contributed by atoms with E-state index in [0.717, 1.165) is 47.6 Å². The van der Waals surface area contributed by atoms with Crippen molar-refractivity contribution in [3.8, 4) is 16.9 Å². The molecule has 1 N–H and O–H groups in total. The van der Waals surface area contributed by atoms with Gasteiger partial charge in [-0.15, -0.1) is 0 Å². The van der Waals surface area contributed by atoms with Gasteiger partial charge in [-0.3, -0.25) is 4.79 Å². The van der Waals surface area contributed by atoms with Gasteiger partial charge in [0.25, 0.3) is 5.91 Å². The first-order valence-electron chi connectivity index (χ1n) is 8.82. The van der Waals surface area contributed by atoms with Gasteiger partial charge in [0.05, 0.1) is 7.11 Å². The number of benzene rings is 2. The summed E-state index contributed by atoms with van der Waals surface area (Å²) in [5.74, 6) is 1.80. The lowest BCUT2D eigenvalue weighted by Gasteiger charge is -2.17. The number of likely N-dealkylation sites (tertiary alicyclic amines) is 1. The van der Waals surface area contributed by atoms with Crippen LogP contribution >= 0.6 is 0 Å². The highest BCUT2D eigenvalue weighted by Gasteiger charge is 2.36. The molecule has 1 amide bonds. The van der Waals surface area contributed by atoms with E-state index in [1.54, 1.807) is 7.11 Å². The second-order valence-corrected chi connectivity index (χ2v) is 7.30. The lowest BCUT2D eigenvalue weighted by atomic mass is 9.86. The molecule has 2 aromatic rings. The van der Waals surface area contributed by atoms with Crippen LogP contribution in [-0.4, -0.2) is 44.6 Å². The Hall–Kier alpha value is -2.33. The van der Waals surface area contributed by atoms with Crippen LogP contribution in [0.1, 0.15) is 27.4 Å². The zero-order valence-electron chi connectivity index (χ0n) is 15.0. The van der Waals surface area contributed by atoms with Crippen molar-refractivity contribution in [1.29, 1.82) is 0 Å². The van der Waals surface area contributed by atoms with Gasteiger partial charge in [-0.05, 0) is 48.7 Å². The number of methoxy groups -OCH3 is 1. The Labute approximate surface area is 148 Å². The number of ether oxygens (including phenoxy) is 1. The third-order valence-corrected chi connectivity index (χ3v) is 5.51. The lowest BCUT2D eigenvalue weighted by Crippen LogP contribution is -2.29. The van der Waals surface area contributed by atoms with Crippen LogP contribution < -0.4 is 10.1 Å². The van der Waals surface area contributed by atoms with Crippen molar-refractivity contribution in [1.82, 2.24) is 10.2 Å². The molecule has 2 aliphatic rings. The average molecular weight is 336 g/mol. The fraction of sp³-hybridized carbons (Fsp3) is 0.381. The minimum Gasteiger partial charge on any atom is -0.496 e. The second kappa shape index (κ2) is 6.19. The first kappa shape index (κ1) is 16.2. The van der Waals surface area contributed by atoms with Gasteiger partial charge < -0.3 is 15.0 Å². The van der Waals surface area contributed by atoms with Gasteiger partial charge >= 0.3 is 0 Å². The number of rotatable bonds is 2. The summed E-state index contributed by atoms with van der Waals surface area (Å²) in [6.07, 6.45) is 0. The van der Waals surface area contributed by atoms with Crippen LogP contribution in [0.3, 0.4) is 0 Å². The van der Waals surface area contributed by atoms with Crippen molar-refractivity contribution in [2.24, 2.45) is 5.92 Å². The predicted octanol–water partition coefficient (Wildman–Crippen LogP) is 3.06. The number of hydrogen-bond acceptors (Lipinski definition) is 3.